The predicted octanol–water partition coefficient (Wildman–Crippen LogP) is 2.94. The van der Waals surface area contributed by atoms with Gasteiger partial charge in [-0.1, -0.05) is 25.8 Å². The Morgan fingerprint density at radius 3 is 2.74 bits per heavy atom. The van der Waals surface area contributed by atoms with Crippen LogP contribution in [0.5, 0.6) is 5.88 Å². The van der Waals surface area contributed by atoms with E-state index in [1.165, 1.54) is 37.4 Å². The lowest BCUT2D eigenvalue weighted by molar-refractivity contribution is -0.159. The number of hydrogen-bond acceptors (Lipinski definition) is 7. The molecule has 3 atom stereocenters. The highest BCUT2D eigenvalue weighted by Gasteiger charge is 2.34. The maximum Gasteiger partial charge on any atom is 0.414 e. The lowest BCUT2D eigenvalue weighted by Gasteiger charge is -2.39. The van der Waals surface area contributed by atoms with Crippen LogP contribution in [0.25, 0.3) is 5.57 Å². The van der Waals surface area contributed by atoms with Crippen LogP contribution in [-0.4, -0.2) is 61.0 Å². The van der Waals surface area contributed by atoms with Gasteiger partial charge in [0.25, 0.3) is 5.88 Å². The van der Waals surface area contributed by atoms with Crippen LogP contribution in [0.1, 0.15) is 44.7 Å². The minimum Gasteiger partial charge on any atom is -0.475 e. The van der Waals surface area contributed by atoms with Crippen molar-refractivity contribution in [1.82, 2.24) is 13.6 Å². The van der Waals surface area contributed by atoms with Crippen molar-refractivity contribution in [2.75, 3.05) is 19.7 Å². The van der Waals surface area contributed by atoms with Crippen LogP contribution in [0.3, 0.4) is 0 Å². The number of fused-ring (bicyclic) bond motifs is 2. The topological polar surface area (TPSA) is 113 Å². The Morgan fingerprint density at radius 1 is 1.33 bits per heavy atom. The third-order valence-corrected chi connectivity index (χ3v) is 5.41. The van der Waals surface area contributed by atoms with Gasteiger partial charge in [-0.25, -0.2) is 9.59 Å². The van der Waals surface area contributed by atoms with Crippen LogP contribution in [0.15, 0.2) is 6.08 Å². The second-order valence-electron chi connectivity index (χ2n) is 6.44. The summed E-state index contributed by atoms with van der Waals surface area (Å²) in [4.78, 5) is 20.5. The van der Waals surface area contributed by atoms with Crippen molar-refractivity contribution >= 4 is 40.8 Å². The first-order chi connectivity index (χ1) is 12.9. The van der Waals surface area contributed by atoms with E-state index in [0.717, 1.165) is 30.8 Å². The zero-order valence-electron chi connectivity index (χ0n) is 15.1. The molecule has 2 N–H and O–H groups in total. The van der Waals surface area contributed by atoms with Gasteiger partial charge in [0.05, 0.1) is 18.3 Å². The first-order valence-corrected chi connectivity index (χ1v) is 10.1. The van der Waals surface area contributed by atoms with Crippen molar-refractivity contribution in [3.8, 4) is 5.88 Å². The van der Waals surface area contributed by atoms with E-state index in [0.29, 0.717) is 18.4 Å². The smallest absolute Gasteiger partial charge is 0.414 e. The van der Waals surface area contributed by atoms with Gasteiger partial charge < -0.3 is 14.9 Å². The molecule has 0 amide bonds. The van der Waals surface area contributed by atoms with Gasteiger partial charge >= 0.3 is 11.9 Å². The van der Waals surface area contributed by atoms with Gasteiger partial charge in [0.1, 0.15) is 11.2 Å². The Labute approximate surface area is 167 Å². The van der Waals surface area contributed by atoms with Gasteiger partial charge in [-0.3, -0.25) is 4.90 Å². The molecule has 150 valence electrons. The predicted molar refractivity (Wildman–Crippen MR) is 102 cm³/mol. The minimum atomic E-state index is -1.82. The Bertz CT molecular complexity index is 669. The largest absolute Gasteiger partial charge is 0.475 e. The second kappa shape index (κ2) is 10.6. The lowest BCUT2D eigenvalue weighted by atomic mass is 9.90. The molecule has 0 aliphatic carbocycles. The van der Waals surface area contributed by atoms with Crippen molar-refractivity contribution in [3.05, 3.63) is 11.8 Å². The van der Waals surface area contributed by atoms with Crippen molar-refractivity contribution < 1.29 is 24.5 Å². The van der Waals surface area contributed by atoms with Crippen molar-refractivity contribution in [3.63, 3.8) is 0 Å². The average Bonchev–Trinajstić information content (AvgIpc) is 3.11. The fourth-order valence-electron chi connectivity index (χ4n) is 3.08. The van der Waals surface area contributed by atoms with E-state index in [-0.39, 0.29) is 5.50 Å². The van der Waals surface area contributed by atoms with Crippen LogP contribution in [0.4, 0.5) is 0 Å². The summed E-state index contributed by atoms with van der Waals surface area (Å²) in [6.07, 6.45) is 8.20. The maximum atomic E-state index is 9.10. The van der Waals surface area contributed by atoms with Gasteiger partial charge in [0.15, 0.2) is 0 Å². The molecule has 1 saturated heterocycles. The van der Waals surface area contributed by atoms with E-state index in [9.17, 15) is 0 Å². The summed E-state index contributed by atoms with van der Waals surface area (Å²) in [5.41, 5.74) is 1.85. The molecule has 0 saturated carbocycles. The Balaban J connectivity index is 0.000000380. The molecule has 1 aromatic rings. The molecule has 3 heterocycles. The highest BCUT2D eigenvalue weighted by molar-refractivity contribution is 6.99. The van der Waals surface area contributed by atoms with E-state index in [1.807, 2.05) is 0 Å². The molecule has 2 aliphatic rings. The van der Waals surface area contributed by atoms with E-state index < -0.39 is 11.9 Å². The summed E-state index contributed by atoms with van der Waals surface area (Å²) in [6, 6.07) is 0. The zero-order valence-corrected chi connectivity index (χ0v) is 16.7. The number of alkyl halides is 1. The van der Waals surface area contributed by atoms with Gasteiger partial charge in [-0.05, 0) is 31.7 Å². The number of aliphatic carboxylic acids is 2. The number of rotatable bonds is 6. The molecule has 2 aliphatic heterocycles. The fraction of sp³-hybridized carbons (Fsp3) is 0.647. The standard InChI is InChI=1S/C15H22ClN3OS.C2H2O4/c1-2-3-4-8-20-15-13(17-21-18-15)12-9-11-6-5-7-19(10-11)14(12)16;3-1(4)2(5)6/h9,11,14H,2-8,10H2,1H3;(H,3,4)(H,5,6). The van der Waals surface area contributed by atoms with Crippen LogP contribution < -0.4 is 4.74 Å². The number of carboxylic acids is 2. The monoisotopic (exact) mass is 417 g/mol. The lowest BCUT2D eigenvalue weighted by Crippen LogP contribution is -2.43. The Morgan fingerprint density at radius 2 is 2.07 bits per heavy atom. The normalized spacial score (nSPS) is 23.6. The van der Waals surface area contributed by atoms with Crippen LogP contribution >= 0.6 is 23.3 Å². The summed E-state index contributed by atoms with van der Waals surface area (Å²) >= 11 is 7.84. The van der Waals surface area contributed by atoms with Gasteiger partial charge in [0.2, 0.25) is 0 Å². The quantitative estimate of drug-likeness (QED) is 0.314. The molecule has 3 rings (SSSR count). The molecule has 0 radical (unpaired) electrons. The molecular weight excluding hydrogens is 394 g/mol. The van der Waals surface area contributed by atoms with Gasteiger partial charge in [-0.2, -0.15) is 4.37 Å². The number of halogens is 1. The second-order valence-corrected chi connectivity index (χ2v) is 7.38. The number of unbranched alkanes of at least 4 members (excludes halogenated alkanes) is 2. The van der Waals surface area contributed by atoms with Crippen LogP contribution in [-0.2, 0) is 9.59 Å². The summed E-state index contributed by atoms with van der Waals surface area (Å²) in [7, 11) is 0. The van der Waals surface area contributed by atoms with Crippen LogP contribution in [0.2, 0.25) is 0 Å². The summed E-state index contributed by atoms with van der Waals surface area (Å²) < 4.78 is 14.6. The maximum absolute atomic E-state index is 9.10. The molecule has 27 heavy (non-hydrogen) atoms. The number of carboxylic acid groups (broad SMARTS) is 2. The number of piperidine rings is 1. The highest BCUT2D eigenvalue weighted by Crippen LogP contribution is 2.38. The Kier molecular flexibility index (Phi) is 8.46. The summed E-state index contributed by atoms with van der Waals surface area (Å²) in [6.45, 7) is 5.04. The first kappa shape index (κ1) is 21.6. The number of aromatic nitrogens is 2. The summed E-state index contributed by atoms with van der Waals surface area (Å²) in [5.74, 6) is -2.39. The van der Waals surface area contributed by atoms with Gasteiger partial charge in [-0.15, -0.1) is 16.0 Å². The SMILES string of the molecule is CCCCCOc1nsnc1C1=CC2CCCN(C2)C1Cl.O=C(O)C(=O)O. The fourth-order valence-corrected chi connectivity index (χ4v) is 3.95. The average molecular weight is 418 g/mol. The number of hydrogen-bond donors (Lipinski definition) is 2. The highest BCUT2D eigenvalue weighted by atomic mass is 35.5. The molecule has 3 unspecified atom stereocenters. The molecule has 0 aromatic carbocycles. The molecule has 1 aromatic heterocycles. The Hall–Kier alpha value is -1.71. The molecule has 10 heteroatoms. The van der Waals surface area contributed by atoms with E-state index in [2.05, 4.69) is 26.6 Å². The molecule has 1 fully saturated rings. The number of nitrogens with zero attached hydrogens (tertiary/aromatic N) is 3. The number of carbonyl (C=O) groups is 2. The zero-order chi connectivity index (χ0) is 19.8. The number of ether oxygens (including phenoxy) is 1. The van der Waals surface area contributed by atoms with E-state index >= 15 is 0 Å². The summed E-state index contributed by atoms with van der Waals surface area (Å²) in [5, 5.41) is 14.8. The van der Waals surface area contributed by atoms with Crippen molar-refractivity contribution in [1.29, 1.82) is 0 Å². The van der Waals surface area contributed by atoms with Crippen molar-refractivity contribution in [2.45, 2.75) is 44.5 Å². The molecule has 2 bridgehead atoms. The van der Waals surface area contributed by atoms with Crippen molar-refractivity contribution in [2.24, 2.45) is 5.92 Å². The molecule has 8 nitrogen and oxygen atoms in total. The van der Waals surface area contributed by atoms with E-state index in [1.54, 1.807) is 0 Å². The molecular formula is C17H24ClN3O5S. The third kappa shape index (κ3) is 6.15. The third-order valence-electron chi connectivity index (χ3n) is 4.38. The van der Waals surface area contributed by atoms with E-state index in [4.69, 9.17) is 36.1 Å². The minimum absolute atomic E-state index is 0.0940. The molecule has 0 spiro atoms. The van der Waals surface area contributed by atoms with Gasteiger partial charge in [0, 0.05) is 12.1 Å². The first-order valence-electron chi connectivity index (χ1n) is 8.95. The van der Waals surface area contributed by atoms with Crippen LogP contribution in [0, 0.1) is 5.92 Å².